The van der Waals surface area contributed by atoms with Crippen LogP contribution in [0.5, 0.6) is 0 Å². The Balaban J connectivity index is 1.34. The molecule has 204 valence electrons. The van der Waals surface area contributed by atoms with Crippen molar-refractivity contribution in [1.82, 2.24) is 24.8 Å². The third-order valence-electron chi connectivity index (χ3n) is 6.54. The molecule has 12 heteroatoms. The summed E-state index contributed by atoms with van der Waals surface area (Å²) in [5.41, 5.74) is 3.71. The third kappa shape index (κ3) is 6.02. The Hall–Kier alpha value is -4.42. The zero-order chi connectivity index (χ0) is 27.4. The molecule has 39 heavy (non-hydrogen) atoms. The molecule has 0 spiro atoms. The van der Waals surface area contributed by atoms with E-state index in [4.69, 9.17) is 4.74 Å². The summed E-state index contributed by atoms with van der Waals surface area (Å²) in [5, 5.41) is 18.3. The number of morpholine rings is 1. The van der Waals surface area contributed by atoms with Crippen LogP contribution in [-0.2, 0) is 11.4 Å². The first-order chi connectivity index (χ1) is 18.9. The normalized spacial score (nSPS) is 15.7. The Kier molecular flexibility index (Phi) is 7.75. The van der Waals surface area contributed by atoms with Crippen molar-refractivity contribution in [2.45, 2.75) is 26.6 Å². The molecule has 2 aliphatic heterocycles. The lowest BCUT2D eigenvalue weighted by atomic mass is 10.1. The topological polar surface area (TPSA) is 137 Å². The number of aliphatic hydroxyl groups is 1. The van der Waals surface area contributed by atoms with Crippen molar-refractivity contribution >= 4 is 34.8 Å². The number of ether oxygens (including phenoxy) is 1. The minimum absolute atomic E-state index is 0.0560. The maximum atomic E-state index is 12.8. The van der Waals surface area contributed by atoms with Crippen LogP contribution in [0.4, 0.5) is 22.0 Å². The SMILES string of the molecule is Cc1c(NC(=O)NC[C@H](C)O)cccc1N1C=C(Nc2ccc(C(=O)N3CCOCC3)cn2)c2nccn2C1. The van der Waals surface area contributed by atoms with Crippen LogP contribution >= 0.6 is 0 Å². The molecule has 0 bridgehead atoms. The van der Waals surface area contributed by atoms with Crippen LogP contribution in [0.15, 0.2) is 55.1 Å². The van der Waals surface area contributed by atoms with Gasteiger partial charge in [-0.25, -0.2) is 14.8 Å². The van der Waals surface area contributed by atoms with Crippen molar-refractivity contribution in [1.29, 1.82) is 0 Å². The second-order valence-corrected chi connectivity index (χ2v) is 9.47. The highest BCUT2D eigenvalue weighted by Gasteiger charge is 2.22. The highest BCUT2D eigenvalue weighted by atomic mass is 16.5. The number of carbonyl (C=O) groups is 2. The molecule has 2 aromatic heterocycles. The highest BCUT2D eigenvalue weighted by molar-refractivity contribution is 5.94. The van der Waals surface area contributed by atoms with Crippen molar-refractivity contribution in [3.63, 3.8) is 0 Å². The maximum absolute atomic E-state index is 12.8. The van der Waals surface area contributed by atoms with Gasteiger partial charge in [-0.1, -0.05) is 6.07 Å². The van der Waals surface area contributed by atoms with Gasteiger partial charge in [-0.3, -0.25) is 4.79 Å². The van der Waals surface area contributed by atoms with E-state index in [1.807, 2.05) is 42.1 Å². The fraction of sp³-hybridized carbons (Fsp3) is 0.333. The van der Waals surface area contributed by atoms with E-state index < -0.39 is 6.10 Å². The molecule has 3 amide bonds. The fourth-order valence-electron chi connectivity index (χ4n) is 4.48. The number of fused-ring (bicyclic) bond motifs is 1. The second kappa shape index (κ2) is 11.5. The van der Waals surface area contributed by atoms with Crippen molar-refractivity contribution < 1.29 is 19.4 Å². The summed E-state index contributed by atoms with van der Waals surface area (Å²) in [7, 11) is 0. The molecule has 4 heterocycles. The molecule has 2 aliphatic rings. The molecule has 0 radical (unpaired) electrons. The van der Waals surface area contributed by atoms with Crippen LogP contribution in [0.1, 0.15) is 28.7 Å². The summed E-state index contributed by atoms with van der Waals surface area (Å²) in [6.45, 7) is 6.48. The molecule has 12 nitrogen and oxygen atoms in total. The quantitative estimate of drug-likeness (QED) is 0.364. The van der Waals surface area contributed by atoms with Crippen LogP contribution in [0.2, 0.25) is 0 Å². The van der Waals surface area contributed by atoms with Gasteiger partial charge in [-0.05, 0) is 43.7 Å². The number of benzene rings is 1. The summed E-state index contributed by atoms with van der Waals surface area (Å²) in [5.74, 6) is 1.28. The van der Waals surface area contributed by atoms with Gasteiger partial charge in [-0.15, -0.1) is 0 Å². The van der Waals surface area contributed by atoms with Crippen LogP contribution in [0.3, 0.4) is 0 Å². The van der Waals surface area contributed by atoms with E-state index in [9.17, 15) is 14.7 Å². The van der Waals surface area contributed by atoms with Crippen LogP contribution < -0.4 is 20.9 Å². The first-order valence-corrected chi connectivity index (χ1v) is 12.8. The van der Waals surface area contributed by atoms with E-state index in [1.165, 1.54) is 0 Å². The van der Waals surface area contributed by atoms with Gasteiger partial charge in [0.05, 0.1) is 30.6 Å². The van der Waals surface area contributed by atoms with Crippen molar-refractivity contribution in [3.05, 3.63) is 72.1 Å². The van der Waals surface area contributed by atoms with Crippen molar-refractivity contribution in [2.24, 2.45) is 0 Å². The lowest BCUT2D eigenvalue weighted by Crippen LogP contribution is -2.40. The predicted octanol–water partition coefficient (Wildman–Crippen LogP) is 2.45. The monoisotopic (exact) mass is 532 g/mol. The third-order valence-corrected chi connectivity index (χ3v) is 6.54. The Morgan fingerprint density at radius 1 is 1.15 bits per heavy atom. The number of hydrogen-bond donors (Lipinski definition) is 4. The number of nitrogens with one attached hydrogen (secondary N) is 3. The molecule has 1 atom stereocenters. The Morgan fingerprint density at radius 3 is 2.72 bits per heavy atom. The lowest BCUT2D eigenvalue weighted by Gasteiger charge is -2.30. The van der Waals surface area contributed by atoms with Gasteiger partial charge >= 0.3 is 6.03 Å². The van der Waals surface area contributed by atoms with E-state index >= 15 is 0 Å². The molecule has 0 aliphatic carbocycles. The van der Waals surface area contributed by atoms with Gasteiger partial charge < -0.3 is 40.2 Å². The minimum atomic E-state index is -0.632. The maximum Gasteiger partial charge on any atom is 0.319 e. The molecule has 1 fully saturated rings. The Morgan fingerprint density at radius 2 is 1.97 bits per heavy atom. The number of amides is 3. The molecule has 1 aromatic carbocycles. The number of carbonyl (C=O) groups excluding carboxylic acids is 2. The van der Waals surface area contributed by atoms with E-state index in [0.29, 0.717) is 50.0 Å². The zero-order valence-electron chi connectivity index (χ0n) is 21.9. The van der Waals surface area contributed by atoms with Gasteiger partial charge in [0, 0.05) is 55.8 Å². The average molecular weight is 533 g/mol. The van der Waals surface area contributed by atoms with E-state index in [-0.39, 0.29) is 18.5 Å². The summed E-state index contributed by atoms with van der Waals surface area (Å²) in [6, 6.07) is 8.86. The standard InChI is InChI=1S/C27H32N8O4/c1-18(36)14-30-27(38)32-21-4-3-5-23(19(21)2)35-16-22(25-28-8-9-34(25)17-35)31-24-7-6-20(15-29-24)26(37)33-10-12-39-13-11-33/h3-9,15-16,18,36H,10-14,17H2,1-2H3,(H,29,31)(H2,30,32,38)/t18-/m0/s1. The largest absolute Gasteiger partial charge is 0.392 e. The number of imidazole rings is 1. The summed E-state index contributed by atoms with van der Waals surface area (Å²) in [6.07, 6.45) is 6.54. The smallest absolute Gasteiger partial charge is 0.319 e. The van der Waals surface area contributed by atoms with E-state index in [0.717, 1.165) is 22.8 Å². The first-order valence-electron chi connectivity index (χ1n) is 12.8. The van der Waals surface area contributed by atoms with Gasteiger partial charge in [0.25, 0.3) is 5.91 Å². The highest BCUT2D eigenvalue weighted by Crippen LogP contribution is 2.31. The van der Waals surface area contributed by atoms with Gasteiger partial charge in [0.1, 0.15) is 12.5 Å². The Bertz CT molecular complexity index is 1360. The van der Waals surface area contributed by atoms with Gasteiger partial charge in [0.2, 0.25) is 0 Å². The summed E-state index contributed by atoms with van der Waals surface area (Å²) < 4.78 is 7.34. The molecular formula is C27H32N8O4. The minimum Gasteiger partial charge on any atom is -0.392 e. The molecule has 0 saturated carbocycles. The number of nitrogens with zero attached hydrogens (tertiary/aromatic N) is 5. The van der Waals surface area contributed by atoms with Crippen LogP contribution in [0.25, 0.3) is 5.70 Å². The molecule has 3 aromatic rings. The molecule has 1 saturated heterocycles. The van der Waals surface area contributed by atoms with Gasteiger partial charge in [0.15, 0.2) is 5.82 Å². The summed E-state index contributed by atoms with van der Waals surface area (Å²) >= 11 is 0. The molecule has 4 N–H and O–H groups in total. The van der Waals surface area contributed by atoms with E-state index in [2.05, 4.69) is 30.8 Å². The Labute approximate surface area is 226 Å². The molecular weight excluding hydrogens is 500 g/mol. The van der Waals surface area contributed by atoms with Crippen LogP contribution in [-0.4, -0.2) is 75.4 Å². The summed E-state index contributed by atoms with van der Waals surface area (Å²) in [4.78, 5) is 37.9. The number of aromatic nitrogens is 3. The van der Waals surface area contributed by atoms with Crippen molar-refractivity contribution in [2.75, 3.05) is 48.4 Å². The predicted molar refractivity (Wildman–Crippen MR) is 147 cm³/mol. The number of pyridine rings is 1. The fourth-order valence-corrected chi connectivity index (χ4v) is 4.48. The number of rotatable bonds is 7. The molecule has 0 unspecified atom stereocenters. The number of urea groups is 1. The van der Waals surface area contributed by atoms with E-state index in [1.54, 1.807) is 36.4 Å². The number of hydrogen-bond acceptors (Lipinski definition) is 8. The lowest BCUT2D eigenvalue weighted by molar-refractivity contribution is 0.0302. The van der Waals surface area contributed by atoms with Gasteiger partial charge in [-0.2, -0.15) is 0 Å². The zero-order valence-corrected chi connectivity index (χ0v) is 21.9. The number of anilines is 3. The molecule has 5 rings (SSSR count). The van der Waals surface area contributed by atoms with Crippen molar-refractivity contribution in [3.8, 4) is 0 Å². The second-order valence-electron chi connectivity index (χ2n) is 9.47. The first kappa shape index (κ1) is 26.2. The average Bonchev–Trinajstić information content (AvgIpc) is 3.43. The number of aliphatic hydroxyl groups excluding tert-OH is 1. The van der Waals surface area contributed by atoms with Crippen LogP contribution in [0, 0.1) is 6.92 Å².